The molecule has 0 radical (unpaired) electrons. The van der Waals surface area contributed by atoms with Gasteiger partial charge in [-0.3, -0.25) is 0 Å². The number of hydrogen-bond acceptors (Lipinski definition) is 2. The number of ether oxygens (including phenoxy) is 1. The van der Waals surface area contributed by atoms with Gasteiger partial charge < -0.3 is 9.84 Å². The molecule has 0 unspecified atom stereocenters. The maximum absolute atomic E-state index is 13.7. The highest BCUT2D eigenvalue weighted by molar-refractivity contribution is 5.40. The van der Waals surface area contributed by atoms with Crippen LogP contribution in [0.1, 0.15) is 11.1 Å². The molecular weight excluding hydrogens is 219 g/mol. The number of hydrogen-bond donors (Lipinski definition) is 1. The molecule has 0 bridgehead atoms. The van der Waals surface area contributed by atoms with Crippen molar-refractivity contribution in [2.24, 2.45) is 0 Å². The van der Waals surface area contributed by atoms with Crippen molar-refractivity contribution < 1.29 is 14.2 Å². The smallest absolute Gasteiger partial charge is 0.171 e. The summed E-state index contributed by atoms with van der Waals surface area (Å²) in [6.45, 7) is 1.82. The molecule has 0 aliphatic heterocycles. The fourth-order valence-electron chi connectivity index (χ4n) is 1.50. The minimum absolute atomic E-state index is 0.0606. The van der Waals surface area contributed by atoms with Gasteiger partial charge in [-0.1, -0.05) is 30.3 Å². The van der Waals surface area contributed by atoms with Crippen LogP contribution in [0.5, 0.6) is 11.5 Å². The fourth-order valence-corrected chi connectivity index (χ4v) is 1.50. The SMILES string of the molecule is Cc1c(O)ccc(OCc2ccccc2)c1F. The highest BCUT2D eigenvalue weighted by Gasteiger charge is 2.10. The quantitative estimate of drug-likeness (QED) is 0.878. The molecule has 2 rings (SSSR count). The minimum atomic E-state index is -0.513. The van der Waals surface area contributed by atoms with E-state index in [1.54, 1.807) is 0 Å². The van der Waals surface area contributed by atoms with Gasteiger partial charge in [-0.25, -0.2) is 4.39 Å². The lowest BCUT2D eigenvalue weighted by molar-refractivity contribution is 0.288. The van der Waals surface area contributed by atoms with Crippen molar-refractivity contribution in [3.8, 4) is 11.5 Å². The molecule has 0 aliphatic carbocycles. The second-order valence-electron chi connectivity index (χ2n) is 3.80. The molecule has 88 valence electrons. The summed E-state index contributed by atoms with van der Waals surface area (Å²) in [7, 11) is 0. The van der Waals surface area contributed by atoms with Gasteiger partial charge in [-0.05, 0) is 24.6 Å². The molecule has 0 aliphatic rings. The number of rotatable bonds is 3. The van der Waals surface area contributed by atoms with Crippen molar-refractivity contribution in [1.82, 2.24) is 0 Å². The summed E-state index contributed by atoms with van der Waals surface area (Å²) in [5.41, 5.74) is 1.17. The molecule has 2 aromatic rings. The first-order chi connectivity index (χ1) is 8.18. The average molecular weight is 232 g/mol. The third kappa shape index (κ3) is 2.56. The zero-order valence-electron chi connectivity index (χ0n) is 9.48. The molecule has 0 heterocycles. The predicted molar refractivity (Wildman–Crippen MR) is 63.6 cm³/mol. The lowest BCUT2D eigenvalue weighted by Crippen LogP contribution is -1.98. The zero-order valence-corrected chi connectivity index (χ0v) is 9.48. The molecule has 3 heteroatoms. The van der Waals surface area contributed by atoms with Crippen LogP contribution in [-0.2, 0) is 6.61 Å². The zero-order chi connectivity index (χ0) is 12.3. The summed E-state index contributed by atoms with van der Waals surface area (Å²) in [5, 5.41) is 9.31. The third-order valence-corrected chi connectivity index (χ3v) is 2.56. The summed E-state index contributed by atoms with van der Waals surface area (Å²) in [4.78, 5) is 0. The maximum atomic E-state index is 13.7. The first kappa shape index (κ1) is 11.5. The monoisotopic (exact) mass is 232 g/mol. The second-order valence-corrected chi connectivity index (χ2v) is 3.80. The molecule has 0 saturated carbocycles. The summed E-state index contributed by atoms with van der Waals surface area (Å²) in [6, 6.07) is 12.4. The third-order valence-electron chi connectivity index (χ3n) is 2.56. The van der Waals surface area contributed by atoms with Crippen molar-refractivity contribution in [3.63, 3.8) is 0 Å². The molecule has 17 heavy (non-hydrogen) atoms. The lowest BCUT2D eigenvalue weighted by atomic mass is 10.2. The van der Waals surface area contributed by atoms with Gasteiger partial charge in [-0.2, -0.15) is 0 Å². The maximum Gasteiger partial charge on any atom is 0.171 e. The largest absolute Gasteiger partial charge is 0.508 e. The van der Waals surface area contributed by atoms with Gasteiger partial charge in [-0.15, -0.1) is 0 Å². The average Bonchev–Trinajstić information content (AvgIpc) is 2.36. The Bertz CT molecular complexity index is 509. The van der Waals surface area contributed by atoms with E-state index in [2.05, 4.69) is 0 Å². The Labute approximate surface area is 99.3 Å². The van der Waals surface area contributed by atoms with E-state index < -0.39 is 5.82 Å². The molecule has 1 N–H and O–H groups in total. The summed E-state index contributed by atoms with van der Waals surface area (Å²) in [5.74, 6) is -0.417. The van der Waals surface area contributed by atoms with Crippen molar-refractivity contribution in [2.45, 2.75) is 13.5 Å². The van der Waals surface area contributed by atoms with E-state index in [4.69, 9.17) is 4.74 Å². The Kier molecular flexibility index (Phi) is 3.28. The van der Waals surface area contributed by atoms with Gasteiger partial charge in [0.2, 0.25) is 0 Å². The van der Waals surface area contributed by atoms with Crippen molar-refractivity contribution >= 4 is 0 Å². The Morgan fingerprint density at radius 1 is 1.12 bits per heavy atom. The van der Waals surface area contributed by atoms with Gasteiger partial charge in [0, 0.05) is 5.56 Å². The van der Waals surface area contributed by atoms with Gasteiger partial charge >= 0.3 is 0 Å². The number of halogens is 1. The van der Waals surface area contributed by atoms with Crippen LogP contribution < -0.4 is 4.74 Å². The van der Waals surface area contributed by atoms with Crippen molar-refractivity contribution in [2.75, 3.05) is 0 Å². The molecule has 0 amide bonds. The Hall–Kier alpha value is -2.03. The number of phenols is 1. The standard InChI is InChI=1S/C14H13FO2/c1-10-12(16)7-8-13(14(10)15)17-9-11-5-3-2-4-6-11/h2-8,16H,9H2,1H3. The van der Waals surface area contributed by atoms with Crippen LogP contribution in [0.15, 0.2) is 42.5 Å². The number of aromatic hydroxyl groups is 1. The molecule has 0 saturated heterocycles. The van der Waals surface area contributed by atoms with Crippen LogP contribution in [-0.4, -0.2) is 5.11 Å². The van der Waals surface area contributed by atoms with Gasteiger partial charge in [0.1, 0.15) is 12.4 Å². The van der Waals surface area contributed by atoms with Gasteiger partial charge in [0.05, 0.1) is 0 Å². The second kappa shape index (κ2) is 4.87. The highest BCUT2D eigenvalue weighted by atomic mass is 19.1. The van der Waals surface area contributed by atoms with Crippen molar-refractivity contribution in [3.05, 3.63) is 59.4 Å². The first-order valence-corrected chi connectivity index (χ1v) is 5.33. The van der Waals surface area contributed by atoms with E-state index in [-0.39, 0.29) is 17.1 Å². The van der Waals surface area contributed by atoms with Crippen LogP contribution in [0.25, 0.3) is 0 Å². The molecule has 2 nitrogen and oxygen atoms in total. The van der Waals surface area contributed by atoms with Crippen LogP contribution in [0.2, 0.25) is 0 Å². The molecular formula is C14H13FO2. The lowest BCUT2D eigenvalue weighted by Gasteiger charge is -2.09. The van der Waals surface area contributed by atoms with Crippen LogP contribution in [0, 0.1) is 12.7 Å². The van der Waals surface area contributed by atoms with Crippen LogP contribution in [0.3, 0.4) is 0 Å². The molecule has 2 aromatic carbocycles. The molecule has 0 aromatic heterocycles. The van der Waals surface area contributed by atoms with Crippen LogP contribution >= 0.6 is 0 Å². The molecule has 0 spiro atoms. The minimum Gasteiger partial charge on any atom is -0.508 e. The van der Waals surface area contributed by atoms with E-state index in [1.165, 1.54) is 19.1 Å². The summed E-state index contributed by atoms with van der Waals surface area (Å²) < 4.78 is 19.1. The van der Waals surface area contributed by atoms with E-state index in [0.717, 1.165) is 5.56 Å². The molecule has 0 atom stereocenters. The van der Waals surface area contributed by atoms with E-state index in [1.807, 2.05) is 30.3 Å². The Balaban J connectivity index is 2.13. The van der Waals surface area contributed by atoms with Crippen LogP contribution in [0.4, 0.5) is 4.39 Å². The topological polar surface area (TPSA) is 29.5 Å². The summed E-state index contributed by atoms with van der Waals surface area (Å²) >= 11 is 0. The Morgan fingerprint density at radius 3 is 2.53 bits per heavy atom. The number of benzene rings is 2. The normalized spacial score (nSPS) is 10.2. The van der Waals surface area contributed by atoms with E-state index >= 15 is 0 Å². The highest BCUT2D eigenvalue weighted by Crippen LogP contribution is 2.27. The van der Waals surface area contributed by atoms with Gasteiger partial charge in [0.15, 0.2) is 11.6 Å². The number of phenolic OH excluding ortho intramolecular Hbond substituents is 1. The fraction of sp³-hybridized carbons (Fsp3) is 0.143. The van der Waals surface area contributed by atoms with E-state index in [9.17, 15) is 9.50 Å². The van der Waals surface area contributed by atoms with E-state index in [0.29, 0.717) is 6.61 Å². The first-order valence-electron chi connectivity index (χ1n) is 5.33. The summed E-state index contributed by atoms with van der Waals surface area (Å²) in [6.07, 6.45) is 0. The van der Waals surface area contributed by atoms with Crippen molar-refractivity contribution in [1.29, 1.82) is 0 Å². The molecule has 0 fully saturated rings. The predicted octanol–water partition coefficient (Wildman–Crippen LogP) is 3.42. The van der Waals surface area contributed by atoms with Gasteiger partial charge in [0.25, 0.3) is 0 Å². The Morgan fingerprint density at radius 2 is 1.82 bits per heavy atom.